The first-order valence-corrected chi connectivity index (χ1v) is 5.83. The second kappa shape index (κ2) is 6.50. The van der Waals surface area contributed by atoms with Crippen molar-refractivity contribution in [3.05, 3.63) is 36.4 Å². The van der Waals surface area contributed by atoms with Crippen LogP contribution >= 0.6 is 0 Å². The van der Waals surface area contributed by atoms with Crippen LogP contribution in [0.5, 0.6) is 5.75 Å². The second-order valence-electron chi connectivity index (χ2n) is 3.79. The third-order valence-corrected chi connectivity index (χ3v) is 2.57. The maximum atomic E-state index is 5.36. The van der Waals surface area contributed by atoms with Crippen molar-refractivity contribution in [3.63, 3.8) is 0 Å². The van der Waals surface area contributed by atoms with Gasteiger partial charge in [-0.2, -0.15) is 0 Å². The summed E-state index contributed by atoms with van der Waals surface area (Å²) >= 11 is 0. The lowest BCUT2D eigenvalue weighted by Crippen LogP contribution is -2.13. The monoisotopic (exact) mass is 260 g/mol. The lowest BCUT2D eigenvalue weighted by Gasteiger charge is -2.12. The van der Waals surface area contributed by atoms with E-state index in [1.54, 1.807) is 13.3 Å². The third-order valence-electron chi connectivity index (χ3n) is 2.57. The van der Waals surface area contributed by atoms with Crippen LogP contribution in [0.4, 0.5) is 11.6 Å². The number of rotatable bonds is 6. The van der Waals surface area contributed by atoms with Crippen LogP contribution in [0.25, 0.3) is 0 Å². The van der Waals surface area contributed by atoms with E-state index >= 15 is 0 Å². The minimum absolute atomic E-state index is 0.446. The van der Waals surface area contributed by atoms with Gasteiger partial charge in [-0.1, -0.05) is 6.07 Å². The van der Waals surface area contributed by atoms with E-state index in [1.807, 2.05) is 18.3 Å². The first kappa shape index (κ1) is 13.0. The van der Waals surface area contributed by atoms with E-state index in [4.69, 9.17) is 10.6 Å². The van der Waals surface area contributed by atoms with E-state index in [-0.39, 0.29) is 0 Å². The van der Waals surface area contributed by atoms with Crippen molar-refractivity contribution in [2.45, 2.75) is 6.42 Å². The molecule has 19 heavy (non-hydrogen) atoms. The lowest BCUT2D eigenvalue weighted by molar-refractivity contribution is 0.414. The van der Waals surface area contributed by atoms with Gasteiger partial charge < -0.3 is 15.5 Å². The average Bonchev–Trinajstić information content (AvgIpc) is 2.48. The predicted molar refractivity (Wildman–Crippen MR) is 72.8 cm³/mol. The van der Waals surface area contributed by atoms with E-state index in [0.717, 1.165) is 12.0 Å². The number of methoxy groups -OCH3 is 1. The summed E-state index contributed by atoms with van der Waals surface area (Å²) in [6.07, 6.45) is 5.85. The summed E-state index contributed by atoms with van der Waals surface area (Å²) in [5, 5.41) is 3.19. The second-order valence-corrected chi connectivity index (χ2v) is 3.79. The van der Waals surface area contributed by atoms with Crippen molar-refractivity contribution in [3.8, 4) is 5.75 Å². The van der Waals surface area contributed by atoms with Crippen molar-refractivity contribution in [1.29, 1.82) is 0 Å². The molecule has 0 unspecified atom stereocenters. The largest absolute Gasteiger partial charge is 0.490 e. The van der Waals surface area contributed by atoms with Crippen LogP contribution in [0.15, 0.2) is 30.9 Å². The van der Waals surface area contributed by atoms with E-state index in [1.165, 1.54) is 6.33 Å². The number of aromatic nitrogens is 3. The van der Waals surface area contributed by atoms with Crippen LogP contribution in [-0.2, 0) is 6.42 Å². The highest BCUT2D eigenvalue weighted by Crippen LogP contribution is 2.27. The fourth-order valence-electron chi connectivity index (χ4n) is 1.67. The number of hydrogen-bond donors (Lipinski definition) is 3. The van der Waals surface area contributed by atoms with Gasteiger partial charge in [0.2, 0.25) is 5.75 Å². The Kier molecular flexibility index (Phi) is 4.46. The van der Waals surface area contributed by atoms with Crippen LogP contribution < -0.4 is 21.3 Å². The van der Waals surface area contributed by atoms with E-state index in [2.05, 4.69) is 25.7 Å². The minimum atomic E-state index is 0.446. The summed E-state index contributed by atoms with van der Waals surface area (Å²) in [7, 11) is 1.55. The summed E-state index contributed by atoms with van der Waals surface area (Å²) in [6, 6.07) is 3.94. The molecule has 7 heteroatoms. The molecule has 0 fully saturated rings. The fraction of sp³-hybridized carbons (Fsp3) is 0.250. The molecule has 7 nitrogen and oxygen atoms in total. The third kappa shape index (κ3) is 3.29. The summed E-state index contributed by atoms with van der Waals surface area (Å²) in [6.45, 7) is 0.711. The highest BCUT2D eigenvalue weighted by atomic mass is 16.5. The Morgan fingerprint density at radius 3 is 2.84 bits per heavy atom. The molecule has 2 aromatic rings. The van der Waals surface area contributed by atoms with Gasteiger partial charge in [-0.25, -0.2) is 15.8 Å². The number of anilines is 2. The molecule has 0 saturated heterocycles. The lowest BCUT2D eigenvalue weighted by atomic mass is 10.2. The molecule has 2 heterocycles. The Morgan fingerprint density at radius 1 is 1.32 bits per heavy atom. The number of nitrogens with two attached hydrogens (primary N) is 1. The van der Waals surface area contributed by atoms with Gasteiger partial charge in [0.25, 0.3) is 0 Å². The molecule has 0 aliphatic rings. The standard InChI is InChI=1S/C12H16N6O/c1-19-10-11(16-8-17-12(10)18-13)15-6-4-9-3-2-5-14-7-9/h2-3,5,7-8H,4,6,13H2,1H3,(H2,15,16,17,18). The van der Waals surface area contributed by atoms with E-state index in [0.29, 0.717) is 23.9 Å². The quantitative estimate of drug-likeness (QED) is 0.522. The number of nitrogen functional groups attached to an aromatic ring is 1. The molecule has 0 atom stereocenters. The van der Waals surface area contributed by atoms with Crippen LogP contribution in [0.3, 0.4) is 0 Å². The van der Waals surface area contributed by atoms with Crippen LogP contribution in [-0.4, -0.2) is 28.6 Å². The molecule has 100 valence electrons. The molecular formula is C12H16N6O. The summed E-state index contributed by atoms with van der Waals surface area (Å²) in [5.41, 5.74) is 3.62. The minimum Gasteiger partial charge on any atom is -0.490 e. The molecule has 0 spiro atoms. The van der Waals surface area contributed by atoms with Gasteiger partial charge in [0.05, 0.1) is 7.11 Å². The summed E-state index contributed by atoms with van der Waals surface area (Å²) in [4.78, 5) is 12.2. The number of nitrogens with zero attached hydrogens (tertiary/aromatic N) is 3. The maximum absolute atomic E-state index is 5.36. The van der Waals surface area contributed by atoms with Gasteiger partial charge >= 0.3 is 0 Å². The zero-order valence-corrected chi connectivity index (χ0v) is 10.6. The summed E-state index contributed by atoms with van der Waals surface area (Å²) in [5.74, 6) is 6.91. The zero-order valence-electron chi connectivity index (χ0n) is 10.6. The summed E-state index contributed by atoms with van der Waals surface area (Å²) < 4.78 is 5.23. The van der Waals surface area contributed by atoms with Gasteiger partial charge in [-0.3, -0.25) is 4.98 Å². The topological polar surface area (TPSA) is 98.0 Å². The van der Waals surface area contributed by atoms with Gasteiger partial charge in [0, 0.05) is 18.9 Å². The first-order valence-electron chi connectivity index (χ1n) is 5.83. The average molecular weight is 260 g/mol. The number of hydrazine groups is 1. The molecule has 2 rings (SSSR count). The molecule has 2 aromatic heterocycles. The Balaban J connectivity index is 2.00. The van der Waals surface area contributed by atoms with Crippen molar-refractivity contribution < 1.29 is 4.74 Å². The van der Waals surface area contributed by atoms with Crippen molar-refractivity contribution in [2.24, 2.45) is 5.84 Å². The maximum Gasteiger partial charge on any atom is 0.205 e. The molecule has 0 aliphatic carbocycles. The van der Waals surface area contributed by atoms with Gasteiger partial charge in [-0.05, 0) is 18.1 Å². The van der Waals surface area contributed by atoms with Gasteiger partial charge in [0.15, 0.2) is 11.6 Å². The van der Waals surface area contributed by atoms with Gasteiger partial charge in [0.1, 0.15) is 6.33 Å². The molecule has 0 bridgehead atoms. The molecule has 0 saturated carbocycles. The van der Waals surface area contributed by atoms with Crippen molar-refractivity contribution in [1.82, 2.24) is 15.0 Å². The normalized spacial score (nSPS) is 10.0. The SMILES string of the molecule is COc1c(NN)ncnc1NCCc1cccnc1. The molecule has 0 radical (unpaired) electrons. The van der Waals surface area contributed by atoms with Gasteiger partial charge in [-0.15, -0.1) is 0 Å². The number of hydrogen-bond acceptors (Lipinski definition) is 7. The molecule has 0 amide bonds. The van der Waals surface area contributed by atoms with E-state index in [9.17, 15) is 0 Å². The first-order chi connectivity index (χ1) is 9.35. The Bertz CT molecular complexity index is 519. The highest BCUT2D eigenvalue weighted by molar-refractivity contribution is 5.62. The fourth-order valence-corrected chi connectivity index (χ4v) is 1.67. The number of pyridine rings is 1. The molecular weight excluding hydrogens is 244 g/mol. The van der Waals surface area contributed by atoms with Crippen molar-refractivity contribution >= 4 is 11.6 Å². The molecule has 4 N–H and O–H groups in total. The number of nitrogens with one attached hydrogen (secondary N) is 2. The van der Waals surface area contributed by atoms with Crippen LogP contribution in [0.2, 0.25) is 0 Å². The Hall–Kier alpha value is -2.41. The Labute approximate surface area is 111 Å². The highest BCUT2D eigenvalue weighted by Gasteiger charge is 2.10. The molecule has 0 aliphatic heterocycles. The van der Waals surface area contributed by atoms with Crippen LogP contribution in [0.1, 0.15) is 5.56 Å². The van der Waals surface area contributed by atoms with Crippen molar-refractivity contribution in [2.75, 3.05) is 24.4 Å². The Morgan fingerprint density at radius 2 is 2.16 bits per heavy atom. The zero-order chi connectivity index (χ0) is 13.5. The van der Waals surface area contributed by atoms with E-state index < -0.39 is 0 Å². The van der Waals surface area contributed by atoms with Crippen LogP contribution in [0, 0.1) is 0 Å². The smallest absolute Gasteiger partial charge is 0.205 e. The predicted octanol–water partition coefficient (Wildman–Crippen LogP) is 0.820. The number of ether oxygens (including phenoxy) is 1. The molecule has 0 aromatic carbocycles.